The number of alkyl halides is 3. The van der Waals surface area contributed by atoms with Crippen molar-refractivity contribution in [2.24, 2.45) is 11.7 Å². The van der Waals surface area contributed by atoms with Gasteiger partial charge in [0.15, 0.2) is 0 Å². The van der Waals surface area contributed by atoms with Gasteiger partial charge < -0.3 is 10.5 Å². The zero-order valence-electron chi connectivity index (χ0n) is 12.6. The molecular weight excluding hydrogens is 281 g/mol. The van der Waals surface area contributed by atoms with Crippen LogP contribution >= 0.6 is 0 Å². The van der Waals surface area contributed by atoms with Gasteiger partial charge in [-0.05, 0) is 29.5 Å². The number of nitrogens with one attached hydrogen (secondary N) is 1. The van der Waals surface area contributed by atoms with Crippen LogP contribution in [0, 0.1) is 18.3 Å². The Balaban J connectivity index is 3.03. The SMILES string of the molecule is Cc1ccc(C(C)(C)C)c(OCC(C(=N)N)C(F)(F)F)c1. The van der Waals surface area contributed by atoms with Crippen LogP contribution in [0.4, 0.5) is 13.2 Å². The third-order valence-corrected chi connectivity index (χ3v) is 3.12. The standard InChI is InChI=1S/C15H21F3N2O/c1-9-5-6-10(14(2,3)4)12(7-9)21-8-11(13(19)20)15(16,17)18/h5-7,11H,8H2,1-4H3,(H3,19,20). The molecular formula is C15H21F3N2O. The fourth-order valence-electron chi connectivity index (χ4n) is 1.90. The normalized spacial score (nSPS) is 13.9. The maximum absolute atomic E-state index is 12.8. The number of halogens is 3. The van der Waals surface area contributed by atoms with Crippen molar-refractivity contribution in [3.05, 3.63) is 29.3 Å². The van der Waals surface area contributed by atoms with Crippen LogP contribution in [0.3, 0.4) is 0 Å². The van der Waals surface area contributed by atoms with Crippen LogP contribution in [0.1, 0.15) is 31.9 Å². The summed E-state index contributed by atoms with van der Waals surface area (Å²) in [6.45, 7) is 7.01. The summed E-state index contributed by atoms with van der Waals surface area (Å²) >= 11 is 0. The van der Waals surface area contributed by atoms with E-state index in [0.717, 1.165) is 11.1 Å². The van der Waals surface area contributed by atoms with E-state index in [2.05, 4.69) is 0 Å². The monoisotopic (exact) mass is 302 g/mol. The Morgan fingerprint density at radius 2 is 1.86 bits per heavy atom. The van der Waals surface area contributed by atoms with Gasteiger partial charge >= 0.3 is 6.18 Å². The lowest BCUT2D eigenvalue weighted by Crippen LogP contribution is -2.39. The third-order valence-electron chi connectivity index (χ3n) is 3.12. The van der Waals surface area contributed by atoms with E-state index >= 15 is 0 Å². The van der Waals surface area contributed by atoms with Gasteiger partial charge in [0.25, 0.3) is 0 Å². The van der Waals surface area contributed by atoms with Crippen LogP contribution in [0.15, 0.2) is 18.2 Å². The molecule has 0 fully saturated rings. The van der Waals surface area contributed by atoms with Crippen molar-refractivity contribution >= 4 is 5.84 Å². The molecule has 0 spiro atoms. The maximum Gasteiger partial charge on any atom is 0.401 e. The van der Waals surface area contributed by atoms with Crippen LogP contribution in [0.25, 0.3) is 0 Å². The van der Waals surface area contributed by atoms with Crippen molar-refractivity contribution in [1.82, 2.24) is 0 Å². The topological polar surface area (TPSA) is 59.1 Å². The number of aryl methyl sites for hydroxylation is 1. The number of ether oxygens (including phenoxy) is 1. The molecule has 1 unspecified atom stereocenters. The van der Waals surface area contributed by atoms with Crippen molar-refractivity contribution in [3.63, 3.8) is 0 Å². The van der Waals surface area contributed by atoms with E-state index in [1.165, 1.54) is 0 Å². The highest BCUT2D eigenvalue weighted by atomic mass is 19.4. The second-order valence-corrected chi connectivity index (χ2v) is 6.11. The van der Waals surface area contributed by atoms with E-state index in [9.17, 15) is 13.2 Å². The Morgan fingerprint density at radius 1 is 1.29 bits per heavy atom. The predicted molar refractivity (Wildman–Crippen MR) is 76.8 cm³/mol. The van der Waals surface area contributed by atoms with Crippen LogP contribution in [-0.4, -0.2) is 18.6 Å². The van der Waals surface area contributed by atoms with E-state index in [1.807, 2.05) is 39.8 Å². The quantitative estimate of drug-likeness (QED) is 0.656. The molecule has 0 aliphatic heterocycles. The summed E-state index contributed by atoms with van der Waals surface area (Å²) in [5.74, 6) is -2.63. The highest BCUT2D eigenvalue weighted by molar-refractivity contribution is 5.80. The molecule has 0 bridgehead atoms. The van der Waals surface area contributed by atoms with Gasteiger partial charge in [0.05, 0.1) is 0 Å². The summed E-state index contributed by atoms with van der Waals surface area (Å²) in [5.41, 5.74) is 6.48. The van der Waals surface area contributed by atoms with E-state index in [4.69, 9.17) is 15.9 Å². The Labute approximate surface area is 122 Å². The van der Waals surface area contributed by atoms with Crippen molar-refractivity contribution in [2.75, 3.05) is 6.61 Å². The molecule has 0 saturated heterocycles. The highest BCUT2D eigenvalue weighted by Crippen LogP contribution is 2.33. The summed E-state index contributed by atoms with van der Waals surface area (Å²) in [6, 6.07) is 5.44. The second-order valence-electron chi connectivity index (χ2n) is 6.11. The Bertz CT molecular complexity index is 519. The van der Waals surface area contributed by atoms with Crippen LogP contribution < -0.4 is 10.5 Å². The minimum Gasteiger partial charge on any atom is -0.492 e. The minimum atomic E-state index is -4.59. The average molecular weight is 302 g/mol. The van der Waals surface area contributed by atoms with E-state index in [0.29, 0.717) is 5.75 Å². The van der Waals surface area contributed by atoms with Gasteiger partial charge in [-0.25, -0.2) is 0 Å². The number of amidine groups is 1. The van der Waals surface area contributed by atoms with E-state index in [-0.39, 0.29) is 5.41 Å². The minimum absolute atomic E-state index is 0.257. The Hall–Kier alpha value is -1.72. The molecule has 1 aromatic rings. The zero-order chi connectivity index (χ0) is 16.4. The summed E-state index contributed by atoms with van der Waals surface area (Å²) < 4.78 is 43.7. The van der Waals surface area contributed by atoms with Crippen molar-refractivity contribution in [2.45, 2.75) is 39.3 Å². The highest BCUT2D eigenvalue weighted by Gasteiger charge is 2.42. The molecule has 0 aliphatic rings. The lowest BCUT2D eigenvalue weighted by Gasteiger charge is -2.25. The number of benzene rings is 1. The molecule has 0 heterocycles. The summed E-state index contributed by atoms with van der Waals surface area (Å²) in [7, 11) is 0. The molecule has 3 nitrogen and oxygen atoms in total. The molecule has 1 aromatic carbocycles. The first-order valence-corrected chi connectivity index (χ1v) is 6.57. The summed E-state index contributed by atoms with van der Waals surface area (Å²) in [6.07, 6.45) is -4.59. The van der Waals surface area contributed by atoms with Gasteiger partial charge in [0.2, 0.25) is 0 Å². The van der Waals surface area contributed by atoms with Crippen molar-refractivity contribution in [1.29, 1.82) is 5.41 Å². The molecule has 21 heavy (non-hydrogen) atoms. The molecule has 0 saturated carbocycles. The van der Waals surface area contributed by atoms with Gasteiger partial charge in [-0.2, -0.15) is 13.2 Å². The van der Waals surface area contributed by atoms with Gasteiger partial charge in [-0.1, -0.05) is 32.9 Å². The lowest BCUT2D eigenvalue weighted by atomic mass is 9.86. The van der Waals surface area contributed by atoms with Crippen molar-refractivity contribution in [3.8, 4) is 5.75 Å². The number of hydrogen-bond donors (Lipinski definition) is 2. The zero-order valence-corrected chi connectivity index (χ0v) is 12.6. The van der Waals surface area contributed by atoms with E-state index < -0.39 is 24.5 Å². The summed E-state index contributed by atoms with van der Waals surface area (Å²) in [4.78, 5) is 0. The molecule has 1 atom stereocenters. The molecule has 0 amide bonds. The molecule has 0 aliphatic carbocycles. The first-order valence-electron chi connectivity index (χ1n) is 6.57. The van der Waals surface area contributed by atoms with Crippen LogP contribution in [-0.2, 0) is 5.41 Å². The van der Waals surface area contributed by atoms with Crippen LogP contribution in [0.2, 0.25) is 0 Å². The fourth-order valence-corrected chi connectivity index (χ4v) is 1.90. The van der Waals surface area contributed by atoms with Gasteiger partial charge in [-0.15, -0.1) is 0 Å². The maximum atomic E-state index is 12.8. The molecule has 3 N–H and O–H groups in total. The molecule has 0 radical (unpaired) electrons. The molecule has 0 aromatic heterocycles. The van der Waals surface area contributed by atoms with Crippen LogP contribution in [0.5, 0.6) is 5.75 Å². The van der Waals surface area contributed by atoms with Gasteiger partial charge in [-0.3, -0.25) is 5.41 Å². The summed E-state index contributed by atoms with van der Waals surface area (Å²) in [5, 5.41) is 7.07. The van der Waals surface area contributed by atoms with Gasteiger partial charge in [0, 0.05) is 0 Å². The lowest BCUT2D eigenvalue weighted by molar-refractivity contribution is -0.162. The van der Waals surface area contributed by atoms with Gasteiger partial charge in [0.1, 0.15) is 24.1 Å². The molecule has 6 heteroatoms. The first-order chi connectivity index (χ1) is 9.43. The number of hydrogen-bond acceptors (Lipinski definition) is 2. The molecule has 1 rings (SSSR count). The Kier molecular flexibility index (Phi) is 4.91. The largest absolute Gasteiger partial charge is 0.492 e. The second kappa shape index (κ2) is 5.95. The molecule has 118 valence electrons. The first kappa shape index (κ1) is 17.3. The van der Waals surface area contributed by atoms with E-state index in [1.54, 1.807) is 6.07 Å². The van der Waals surface area contributed by atoms with Crippen molar-refractivity contribution < 1.29 is 17.9 Å². The average Bonchev–Trinajstić information content (AvgIpc) is 2.24. The smallest absolute Gasteiger partial charge is 0.401 e. The number of nitrogens with two attached hydrogens (primary N) is 1. The third kappa shape index (κ3) is 4.65. The fraction of sp³-hybridized carbons (Fsp3) is 0.533. The Morgan fingerprint density at radius 3 is 2.29 bits per heavy atom. The number of rotatable bonds is 4. The predicted octanol–water partition coefficient (Wildman–Crippen LogP) is 3.79.